The molecule has 7 nitrogen and oxygen atoms in total. The first-order chi connectivity index (χ1) is 8.69. The molecular formula is C11H17N3O4. The number of aliphatic hydroxyl groups is 1. The van der Waals surface area contributed by atoms with Gasteiger partial charge in [-0.05, 0) is 6.42 Å². The van der Waals surface area contributed by atoms with Crippen LogP contribution in [-0.2, 0) is 11.3 Å². The number of nitrogens with one attached hydrogen (secondary N) is 1. The summed E-state index contributed by atoms with van der Waals surface area (Å²) in [5.74, 6) is -1.06. The van der Waals surface area contributed by atoms with Crippen molar-refractivity contribution in [2.24, 2.45) is 0 Å². The summed E-state index contributed by atoms with van der Waals surface area (Å²) in [5, 5.41) is 21.1. The molecule has 3 N–H and O–H groups in total. The molecule has 1 unspecified atom stereocenters. The lowest BCUT2D eigenvalue weighted by Gasteiger charge is -2.15. The summed E-state index contributed by atoms with van der Waals surface area (Å²) in [6, 6.07) is -0.151. The minimum atomic E-state index is -1.06. The minimum Gasteiger partial charge on any atom is -0.478 e. The third kappa shape index (κ3) is 4.36. The molecule has 0 radical (unpaired) electrons. The monoisotopic (exact) mass is 255 g/mol. The second kappa shape index (κ2) is 7.70. The van der Waals surface area contributed by atoms with Crippen LogP contribution in [0, 0.1) is 0 Å². The Labute approximate surface area is 105 Å². The van der Waals surface area contributed by atoms with Crippen LogP contribution in [0.3, 0.4) is 0 Å². The molecule has 1 rings (SSSR count). The van der Waals surface area contributed by atoms with E-state index in [-0.39, 0.29) is 24.8 Å². The van der Waals surface area contributed by atoms with Crippen LogP contribution in [0.25, 0.3) is 0 Å². The molecule has 0 amide bonds. The molecule has 0 aromatic carbocycles. The number of hydrogen-bond acceptors (Lipinski definition) is 6. The summed E-state index contributed by atoms with van der Waals surface area (Å²) in [6.07, 6.45) is 3.20. The van der Waals surface area contributed by atoms with Gasteiger partial charge in [-0.15, -0.1) is 0 Å². The number of aromatic carboxylic acids is 1. The van der Waals surface area contributed by atoms with E-state index < -0.39 is 5.97 Å². The van der Waals surface area contributed by atoms with Gasteiger partial charge in [0, 0.05) is 32.5 Å². The van der Waals surface area contributed by atoms with Gasteiger partial charge in [0.2, 0.25) is 0 Å². The molecule has 0 aliphatic heterocycles. The van der Waals surface area contributed by atoms with Crippen molar-refractivity contribution in [3.63, 3.8) is 0 Å². The molecule has 0 bridgehead atoms. The first-order valence-corrected chi connectivity index (χ1v) is 5.54. The number of aliphatic hydroxyl groups excluding tert-OH is 1. The summed E-state index contributed by atoms with van der Waals surface area (Å²) in [6.45, 7) is 0.740. The van der Waals surface area contributed by atoms with Crippen molar-refractivity contribution in [3.05, 3.63) is 23.8 Å². The van der Waals surface area contributed by atoms with E-state index in [0.717, 1.165) is 0 Å². The first kappa shape index (κ1) is 14.5. The number of hydrogen-bond donors (Lipinski definition) is 3. The van der Waals surface area contributed by atoms with Crippen molar-refractivity contribution in [3.8, 4) is 0 Å². The quantitative estimate of drug-likeness (QED) is 0.583. The van der Waals surface area contributed by atoms with Gasteiger partial charge in [-0.25, -0.2) is 14.8 Å². The average Bonchev–Trinajstić information content (AvgIpc) is 2.39. The Morgan fingerprint density at radius 2 is 2.39 bits per heavy atom. The molecule has 7 heteroatoms. The lowest BCUT2D eigenvalue weighted by Crippen LogP contribution is -2.33. The smallest absolute Gasteiger partial charge is 0.339 e. The summed E-state index contributed by atoms with van der Waals surface area (Å²) < 4.78 is 4.92. The highest BCUT2D eigenvalue weighted by molar-refractivity contribution is 5.88. The van der Waals surface area contributed by atoms with E-state index in [4.69, 9.17) is 14.9 Å². The normalized spacial score (nSPS) is 12.3. The number of rotatable bonds is 8. The predicted molar refractivity (Wildman–Crippen MR) is 63.2 cm³/mol. The number of aromatic nitrogens is 2. The Morgan fingerprint density at radius 3 is 3.00 bits per heavy atom. The summed E-state index contributed by atoms with van der Waals surface area (Å²) in [4.78, 5) is 18.5. The van der Waals surface area contributed by atoms with Crippen molar-refractivity contribution in [1.29, 1.82) is 0 Å². The number of carboxylic acid groups (broad SMARTS) is 1. The lowest BCUT2D eigenvalue weighted by molar-refractivity contribution is 0.0694. The Morgan fingerprint density at radius 1 is 1.61 bits per heavy atom. The highest BCUT2D eigenvalue weighted by Crippen LogP contribution is 2.04. The number of ether oxygens (including phenoxy) is 1. The molecular weight excluding hydrogens is 238 g/mol. The summed E-state index contributed by atoms with van der Waals surface area (Å²) >= 11 is 0. The Bertz CT molecular complexity index is 386. The third-order valence-electron chi connectivity index (χ3n) is 2.47. The maximum atomic E-state index is 10.9. The highest BCUT2D eigenvalue weighted by Gasteiger charge is 2.13. The molecule has 1 atom stereocenters. The summed E-state index contributed by atoms with van der Waals surface area (Å²) in [5.41, 5.74) is 0.460. The number of nitrogens with zero attached hydrogens (tertiary/aromatic N) is 2. The van der Waals surface area contributed by atoms with E-state index in [0.29, 0.717) is 18.7 Å². The van der Waals surface area contributed by atoms with Crippen LogP contribution in [0.4, 0.5) is 0 Å². The zero-order chi connectivity index (χ0) is 13.4. The maximum Gasteiger partial charge on any atom is 0.339 e. The van der Waals surface area contributed by atoms with Crippen LogP contribution in [0.1, 0.15) is 22.5 Å². The largest absolute Gasteiger partial charge is 0.478 e. The number of carbonyl (C=O) groups is 1. The highest BCUT2D eigenvalue weighted by atomic mass is 16.5. The minimum absolute atomic E-state index is 0.0448. The molecule has 18 heavy (non-hydrogen) atoms. The second-order valence-corrected chi connectivity index (χ2v) is 3.73. The van der Waals surface area contributed by atoms with Gasteiger partial charge in [0.1, 0.15) is 11.9 Å². The number of carboxylic acids is 1. The Hall–Kier alpha value is -1.57. The van der Waals surface area contributed by atoms with E-state index in [1.807, 2.05) is 0 Å². The molecule has 100 valence electrons. The third-order valence-corrected chi connectivity index (χ3v) is 2.47. The first-order valence-electron chi connectivity index (χ1n) is 5.54. The van der Waals surface area contributed by atoms with Crippen LogP contribution in [-0.4, -0.2) is 52.5 Å². The SMILES string of the molecule is COCCC(CO)NCc1ncncc1C(=O)O. The fourth-order valence-corrected chi connectivity index (χ4v) is 1.43. The van der Waals surface area contributed by atoms with Crippen molar-refractivity contribution < 1.29 is 19.7 Å². The van der Waals surface area contributed by atoms with Gasteiger partial charge >= 0.3 is 5.97 Å². The molecule has 0 spiro atoms. The average molecular weight is 255 g/mol. The van der Waals surface area contributed by atoms with Gasteiger partial charge in [0.25, 0.3) is 0 Å². The zero-order valence-electron chi connectivity index (χ0n) is 10.2. The fourth-order valence-electron chi connectivity index (χ4n) is 1.43. The standard InChI is InChI=1S/C11H17N3O4/c1-18-3-2-8(6-15)13-5-10-9(11(16)17)4-12-7-14-10/h4,7-8,13,15H,2-3,5-6H2,1H3,(H,16,17). The van der Waals surface area contributed by atoms with Gasteiger partial charge in [0.15, 0.2) is 0 Å². The van der Waals surface area contributed by atoms with Crippen molar-refractivity contribution in [2.45, 2.75) is 19.0 Å². The van der Waals surface area contributed by atoms with Gasteiger partial charge in [-0.2, -0.15) is 0 Å². The molecule has 0 aliphatic carbocycles. The van der Waals surface area contributed by atoms with Gasteiger partial charge in [-0.3, -0.25) is 0 Å². The maximum absolute atomic E-state index is 10.9. The van der Waals surface area contributed by atoms with Crippen LogP contribution < -0.4 is 5.32 Å². The Balaban J connectivity index is 2.59. The van der Waals surface area contributed by atoms with E-state index in [2.05, 4.69) is 15.3 Å². The van der Waals surface area contributed by atoms with E-state index in [1.54, 1.807) is 7.11 Å². The van der Waals surface area contributed by atoms with Crippen LogP contribution in [0.5, 0.6) is 0 Å². The molecule has 1 aromatic rings. The van der Waals surface area contributed by atoms with E-state index in [9.17, 15) is 4.79 Å². The van der Waals surface area contributed by atoms with Crippen molar-refractivity contribution in [1.82, 2.24) is 15.3 Å². The Kier molecular flexibility index (Phi) is 6.20. The van der Waals surface area contributed by atoms with Crippen LogP contribution in [0.15, 0.2) is 12.5 Å². The molecule has 0 saturated carbocycles. The van der Waals surface area contributed by atoms with Gasteiger partial charge in [0.05, 0.1) is 12.3 Å². The van der Waals surface area contributed by atoms with E-state index in [1.165, 1.54) is 12.5 Å². The number of methoxy groups -OCH3 is 1. The van der Waals surface area contributed by atoms with Gasteiger partial charge < -0.3 is 20.3 Å². The molecule has 0 fully saturated rings. The summed E-state index contributed by atoms with van der Waals surface area (Å²) in [7, 11) is 1.58. The lowest BCUT2D eigenvalue weighted by atomic mass is 10.2. The van der Waals surface area contributed by atoms with Crippen LogP contribution >= 0.6 is 0 Å². The van der Waals surface area contributed by atoms with Crippen molar-refractivity contribution in [2.75, 3.05) is 20.3 Å². The molecule has 1 aromatic heterocycles. The second-order valence-electron chi connectivity index (χ2n) is 3.73. The van der Waals surface area contributed by atoms with Crippen LogP contribution in [0.2, 0.25) is 0 Å². The predicted octanol–water partition coefficient (Wildman–Crippen LogP) is -0.338. The molecule has 1 heterocycles. The van der Waals surface area contributed by atoms with E-state index >= 15 is 0 Å². The fraction of sp³-hybridized carbons (Fsp3) is 0.545. The van der Waals surface area contributed by atoms with Gasteiger partial charge in [-0.1, -0.05) is 0 Å². The molecule has 0 aliphatic rings. The molecule has 0 saturated heterocycles. The zero-order valence-corrected chi connectivity index (χ0v) is 10.2. The topological polar surface area (TPSA) is 105 Å². The van der Waals surface area contributed by atoms with Crippen molar-refractivity contribution >= 4 is 5.97 Å².